The molecule has 0 aliphatic carbocycles. The second kappa shape index (κ2) is 7.77. The van der Waals surface area contributed by atoms with Gasteiger partial charge in [-0.2, -0.15) is 18.3 Å². The Labute approximate surface area is 174 Å². The summed E-state index contributed by atoms with van der Waals surface area (Å²) in [5, 5.41) is 21.0. The highest BCUT2D eigenvalue weighted by molar-refractivity contribution is 7.10. The summed E-state index contributed by atoms with van der Waals surface area (Å²) in [6.07, 6.45) is -4.20. The molecule has 2 aromatic heterocycles. The number of rotatable bonds is 4. The summed E-state index contributed by atoms with van der Waals surface area (Å²) in [6, 6.07) is 7.72. The summed E-state index contributed by atoms with van der Waals surface area (Å²) >= 11 is 1.36. The molecule has 0 fully saturated rings. The van der Waals surface area contributed by atoms with Crippen LogP contribution < -0.4 is 10.6 Å². The van der Waals surface area contributed by atoms with Crippen molar-refractivity contribution < 1.29 is 23.1 Å². The van der Waals surface area contributed by atoms with E-state index < -0.39 is 30.3 Å². The lowest BCUT2D eigenvalue weighted by molar-refractivity contribution is -0.173. The van der Waals surface area contributed by atoms with Gasteiger partial charge in [0.05, 0.1) is 18.3 Å². The van der Waals surface area contributed by atoms with Crippen LogP contribution in [0.1, 0.15) is 52.3 Å². The number of hydrogen-bond donors (Lipinski definition) is 3. The van der Waals surface area contributed by atoms with Crippen LogP contribution in [0.3, 0.4) is 0 Å². The first-order chi connectivity index (χ1) is 14.2. The van der Waals surface area contributed by atoms with E-state index in [0.717, 1.165) is 15.8 Å². The van der Waals surface area contributed by atoms with Crippen molar-refractivity contribution in [2.75, 3.05) is 10.6 Å². The number of anilines is 2. The van der Waals surface area contributed by atoms with E-state index in [9.17, 15) is 23.1 Å². The molecular weight excluding hydrogens is 417 g/mol. The topological polar surface area (TPSA) is 79.2 Å². The quantitative estimate of drug-likeness (QED) is 0.543. The smallest absolute Gasteiger partial charge is 0.389 e. The minimum Gasteiger partial charge on any atom is -0.389 e. The zero-order valence-corrected chi connectivity index (χ0v) is 16.7. The Kier molecular flexibility index (Phi) is 5.29. The van der Waals surface area contributed by atoms with Gasteiger partial charge >= 0.3 is 6.18 Å². The molecule has 1 aromatic carbocycles. The molecule has 30 heavy (non-hydrogen) atoms. The zero-order chi connectivity index (χ0) is 21.5. The number of hydrogen-bond acceptors (Lipinski definition) is 5. The van der Waals surface area contributed by atoms with Crippen molar-refractivity contribution in [1.82, 2.24) is 9.78 Å². The third kappa shape index (κ3) is 3.92. The lowest BCUT2D eigenvalue weighted by Crippen LogP contribution is -2.36. The summed E-state index contributed by atoms with van der Waals surface area (Å²) in [7, 11) is 0. The molecule has 3 atom stereocenters. The van der Waals surface area contributed by atoms with Gasteiger partial charge < -0.3 is 15.7 Å². The van der Waals surface area contributed by atoms with Gasteiger partial charge in [0.25, 0.3) is 5.91 Å². The number of thiophene rings is 1. The van der Waals surface area contributed by atoms with E-state index in [1.807, 2.05) is 0 Å². The van der Waals surface area contributed by atoms with Crippen LogP contribution in [0.5, 0.6) is 0 Å². The van der Waals surface area contributed by atoms with Crippen molar-refractivity contribution in [2.45, 2.75) is 37.7 Å². The SMILES string of the molecule is C[C@H](O)c1ccc(NC(=O)c2cnn3c2N[C@H](c2cccs2)C[C@H]3C(F)(F)F)cc1. The second-order valence-corrected chi connectivity index (χ2v) is 8.09. The second-order valence-electron chi connectivity index (χ2n) is 7.11. The molecule has 3 aromatic rings. The number of nitrogens with one attached hydrogen (secondary N) is 2. The van der Waals surface area contributed by atoms with Gasteiger partial charge in [-0.05, 0) is 36.1 Å². The molecule has 4 rings (SSSR count). The average molecular weight is 436 g/mol. The first-order valence-electron chi connectivity index (χ1n) is 9.27. The third-order valence-electron chi connectivity index (χ3n) is 5.02. The summed E-state index contributed by atoms with van der Waals surface area (Å²) in [5.74, 6) is -0.527. The van der Waals surface area contributed by atoms with E-state index in [1.165, 1.54) is 11.3 Å². The van der Waals surface area contributed by atoms with Crippen molar-refractivity contribution in [1.29, 1.82) is 0 Å². The number of fused-ring (bicyclic) bond motifs is 1. The number of nitrogens with zero attached hydrogens (tertiary/aromatic N) is 2. The highest BCUT2D eigenvalue weighted by Gasteiger charge is 2.47. The van der Waals surface area contributed by atoms with Crippen molar-refractivity contribution in [3.05, 3.63) is 64.0 Å². The number of aliphatic hydroxyl groups is 1. The van der Waals surface area contributed by atoms with Crippen LogP contribution in [0.25, 0.3) is 0 Å². The van der Waals surface area contributed by atoms with Gasteiger partial charge in [-0.15, -0.1) is 11.3 Å². The summed E-state index contributed by atoms with van der Waals surface area (Å²) in [6.45, 7) is 1.62. The summed E-state index contributed by atoms with van der Waals surface area (Å²) < 4.78 is 41.9. The number of carbonyl (C=O) groups is 1. The van der Waals surface area contributed by atoms with Gasteiger partial charge in [-0.1, -0.05) is 18.2 Å². The van der Waals surface area contributed by atoms with Gasteiger partial charge in [0, 0.05) is 17.0 Å². The Morgan fingerprint density at radius 1 is 1.33 bits per heavy atom. The Morgan fingerprint density at radius 2 is 2.07 bits per heavy atom. The molecular formula is C20H19F3N4O2S. The molecule has 1 amide bonds. The number of amides is 1. The Morgan fingerprint density at radius 3 is 2.67 bits per heavy atom. The third-order valence-corrected chi connectivity index (χ3v) is 6.01. The van der Waals surface area contributed by atoms with Crippen LogP contribution in [0.15, 0.2) is 48.0 Å². The van der Waals surface area contributed by atoms with Crippen LogP contribution >= 0.6 is 11.3 Å². The highest BCUT2D eigenvalue weighted by Crippen LogP contribution is 2.45. The molecule has 0 radical (unpaired) electrons. The van der Waals surface area contributed by atoms with Crippen molar-refractivity contribution in [3.63, 3.8) is 0 Å². The molecule has 3 heterocycles. The van der Waals surface area contributed by atoms with E-state index in [4.69, 9.17) is 0 Å². The standard InChI is InChI=1S/C20H19F3N4O2S/c1-11(28)12-4-6-13(7-5-12)25-19(29)14-10-24-27-17(20(21,22)23)9-15(26-18(14)27)16-3-2-8-30-16/h2-8,10-11,15,17,26,28H,9H2,1H3,(H,25,29)/t11-,15-,17-/m0/s1. The number of alkyl halides is 3. The molecule has 0 spiro atoms. The molecule has 0 bridgehead atoms. The fourth-order valence-electron chi connectivity index (χ4n) is 3.45. The van der Waals surface area contributed by atoms with Crippen LogP contribution in [-0.4, -0.2) is 27.0 Å². The first-order valence-corrected chi connectivity index (χ1v) is 10.2. The monoisotopic (exact) mass is 436 g/mol. The van der Waals surface area contributed by atoms with Crippen LogP contribution in [0, 0.1) is 0 Å². The zero-order valence-electron chi connectivity index (χ0n) is 15.8. The predicted octanol–water partition coefficient (Wildman–Crippen LogP) is 4.91. The van der Waals surface area contributed by atoms with Gasteiger partial charge in [-0.25, -0.2) is 4.68 Å². The van der Waals surface area contributed by atoms with Crippen molar-refractivity contribution >= 4 is 28.7 Å². The maximum atomic E-state index is 13.7. The highest BCUT2D eigenvalue weighted by atomic mass is 32.1. The van der Waals surface area contributed by atoms with Gasteiger partial charge in [0.15, 0.2) is 6.04 Å². The normalized spacial score (nSPS) is 19.6. The lowest BCUT2D eigenvalue weighted by atomic mass is 10.0. The van der Waals surface area contributed by atoms with Crippen molar-refractivity contribution in [2.24, 2.45) is 0 Å². The molecule has 0 saturated carbocycles. The Hall–Kier alpha value is -2.85. The van der Waals surface area contributed by atoms with E-state index in [1.54, 1.807) is 48.7 Å². The minimum absolute atomic E-state index is 0.0325. The summed E-state index contributed by atoms with van der Waals surface area (Å²) in [5.41, 5.74) is 1.18. The fourth-order valence-corrected chi connectivity index (χ4v) is 4.24. The van der Waals surface area contributed by atoms with Crippen LogP contribution in [0.4, 0.5) is 24.7 Å². The first kappa shape index (κ1) is 20.4. The minimum atomic E-state index is -4.50. The molecule has 0 unspecified atom stereocenters. The largest absolute Gasteiger partial charge is 0.410 e. The van der Waals surface area contributed by atoms with Gasteiger partial charge in [-0.3, -0.25) is 4.79 Å². The predicted molar refractivity (Wildman–Crippen MR) is 108 cm³/mol. The Balaban J connectivity index is 1.63. The van der Waals surface area contributed by atoms with Gasteiger partial charge in [0.2, 0.25) is 0 Å². The van der Waals surface area contributed by atoms with Crippen LogP contribution in [0.2, 0.25) is 0 Å². The van der Waals surface area contributed by atoms with E-state index in [-0.39, 0.29) is 17.8 Å². The van der Waals surface area contributed by atoms with E-state index in [2.05, 4.69) is 15.7 Å². The molecule has 10 heteroatoms. The summed E-state index contributed by atoms with van der Waals surface area (Å²) in [4.78, 5) is 13.5. The number of carbonyl (C=O) groups excluding carboxylic acids is 1. The van der Waals surface area contributed by atoms with E-state index in [0.29, 0.717) is 11.3 Å². The molecule has 6 nitrogen and oxygen atoms in total. The number of aliphatic hydroxyl groups excluding tert-OH is 1. The van der Waals surface area contributed by atoms with Crippen molar-refractivity contribution in [3.8, 4) is 0 Å². The fraction of sp³-hybridized carbons (Fsp3) is 0.300. The number of benzene rings is 1. The maximum absolute atomic E-state index is 13.7. The molecule has 158 valence electrons. The molecule has 1 aliphatic heterocycles. The molecule has 0 saturated heterocycles. The maximum Gasteiger partial charge on any atom is 0.410 e. The van der Waals surface area contributed by atoms with Gasteiger partial charge in [0.1, 0.15) is 11.4 Å². The Bertz CT molecular complexity index is 1030. The van der Waals surface area contributed by atoms with Crippen LogP contribution in [-0.2, 0) is 0 Å². The van der Waals surface area contributed by atoms with E-state index >= 15 is 0 Å². The lowest BCUT2D eigenvalue weighted by Gasteiger charge is -2.33. The average Bonchev–Trinajstić information content (AvgIpc) is 3.36. The molecule has 3 N–H and O–H groups in total. The molecule has 1 aliphatic rings. The number of halogens is 3. The number of aromatic nitrogens is 2.